The second kappa shape index (κ2) is 6.09. The van der Waals surface area contributed by atoms with Crippen molar-refractivity contribution in [3.63, 3.8) is 0 Å². The van der Waals surface area contributed by atoms with Crippen molar-refractivity contribution in [2.24, 2.45) is 0 Å². The first kappa shape index (κ1) is 14.4. The summed E-state index contributed by atoms with van der Waals surface area (Å²) < 4.78 is 13.2. The maximum atomic E-state index is 12.1. The number of aromatic nitrogens is 2. The minimum absolute atomic E-state index is 0.0990. The lowest BCUT2D eigenvalue weighted by molar-refractivity contribution is -0.123. The fourth-order valence-corrected chi connectivity index (χ4v) is 2.37. The van der Waals surface area contributed by atoms with Gasteiger partial charge in [0.15, 0.2) is 17.6 Å². The molecule has 0 bridgehead atoms. The molecule has 0 radical (unpaired) electrons. The van der Waals surface area contributed by atoms with Crippen LogP contribution < -0.4 is 14.8 Å². The fourth-order valence-electron chi connectivity index (χ4n) is 2.37. The first-order valence-electron chi connectivity index (χ1n) is 7.30. The second-order valence-electron chi connectivity index (χ2n) is 5.42. The Bertz CT molecular complexity index is 668. The van der Waals surface area contributed by atoms with Gasteiger partial charge in [0.2, 0.25) is 5.91 Å². The van der Waals surface area contributed by atoms with Crippen LogP contribution in [0, 0.1) is 6.92 Å². The average molecular weight is 301 g/mol. The maximum Gasteiger partial charge on any atom is 0.242 e. The molecular weight excluding hydrogens is 282 g/mol. The van der Waals surface area contributed by atoms with Gasteiger partial charge in [0.25, 0.3) is 0 Å². The summed E-state index contributed by atoms with van der Waals surface area (Å²) in [6.45, 7) is 4.41. The Morgan fingerprint density at radius 2 is 2.18 bits per heavy atom. The van der Waals surface area contributed by atoms with Gasteiger partial charge >= 0.3 is 0 Å². The average Bonchev–Trinajstić information content (AvgIpc) is 2.91. The third-order valence-corrected chi connectivity index (χ3v) is 3.56. The molecule has 1 aliphatic heterocycles. The van der Waals surface area contributed by atoms with Gasteiger partial charge < -0.3 is 14.8 Å². The summed E-state index contributed by atoms with van der Waals surface area (Å²) in [5.41, 5.74) is 0.890. The predicted octanol–water partition coefficient (Wildman–Crippen LogP) is 1.54. The van der Waals surface area contributed by atoms with Crippen LogP contribution in [-0.4, -0.2) is 34.4 Å². The van der Waals surface area contributed by atoms with Gasteiger partial charge in [0.05, 0.1) is 11.7 Å². The Hall–Kier alpha value is -2.50. The van der Waals surface area contributed by atoms with E-state index in [4.69, 9.17) is 9.47 Å². The molecule has 1 N–H and O–H groups in total. The first-order chi connectivity index (χ1) is 10.6. The number of carbonyl (C=O) groups excluding carboxylic acids is 1. The topological polar surface area (TPSA) is 65.4 Å². The molecule has 2 unspecified atom stereocenters. The highest BCUT2D eigenvalue weighted by molar-refractivity contribution is 5.76. The molecule has 1 aromatic heterocycles. The highest BCUT2D eigenvalue weighted by Gasteiger charge is 2.27. The quantitative estimate of drug-likeness (QED) is 0.930. The third-order valence-electron chi connectivity index (χ3n) is 3.56. The largest absolute Gasteiger partial charge is 0.486 e. The molecule has 1 aliphatic rings. The number of aryl methyl sites for hydroxylation is 1. The number of benzene rings is 1. The van der Waals surface area contributed by atoms with Crippen LogP contribution in [0.2, 0.25) is 0 Å². The molecule has 0 saturated heterocycles. The van der Waals surface area contributed by atoms with Gasteiger partial charge in [-0.15, -0.1) is 0 Å². The van der Waals surface area contributed by atoms with Gasteiger partial charge in [0, 0.05) is 6.20 Å². The first-order valence-corrected chi connectivity index (χ1v) is 7.30. The van der Waals surface area contributed by atoms with Crippen molar-refractivity contribution in [1.29, 1.82) is 0 Å². The molecular formula is C16H19N3O3. The number of hydrogen-bond donors (Lipinski definition) is 1. The minimum Gasteiger partial charge on any atom is -0.486 e. The normalized spacial score (nSPS) is 17.8. The Morgan fingerprint density at radius 3 is 2.91 bits per heavy atom. The number of para-hydroxylation sites is 2. The van der Waals surface area contributed by atoms with E-state index in [0.29, 0.717) is 12.4 Å². The summed E-state index contributed by atoms with van der Waals surface area (Å²) >= 11 is 0. The van der Waals surface area contributed by atoms with Gasteiger partial charge in [-0.3, -0.25) is 9.48 Å². The van der Waals surface area contributed by atoms with E-state index in [1.165, 1.54) is 0 Å². The fraction of sp³-hybridized carbons (Fsp3) is 0.375. The smallest absolute Gasteiger partial charge is 0.242 e. The number of fused-ring (bicyclic) bond motifs is 1. The van der Waals surface area contributed by atoms with Crippen LogP contribution in [-0.2, 0) is 11.3 Å². The van der Waals surface area contributed by atoms with Crippen molar-refractivity contribution in [1.82, 2.24) is 15.1 Å². The SMILES string of the molecule is Cc1ccn(CC(=O)NC(C)C2COc3ccccc3O2)n1. The molecule has 0 fully saturated rings. The zero-order valence-corrected chi connectivity index (χ0v) is 12.7. The summed E-state index contributed by atoms with van der Waals surface area (Å²) in [5, 5.41) is 7.13. The van der Waals surface area contributed by atoms with E-state index in [0.717, 1.165) is 11.4 Å². The monoisotopic (exact) mass is 301 g/mol. The number of nitrogens with zero attached hydrogens (tertiary/aromatic N) is 2. The van der Waals surface area contributed by atoms with Crippen molar-refractivity contribution in [2.75, 3.05) is 6.61 Å². The van der Waals surface area contributed by atoms with Crippen molar-refractivity contribution < 1.29 is 14.3 Å². The Morgan fingerprint density at radius 1 is 1.41 bits per heavy atom. The molecule has 1 amide bonds. The highest BCUT2D eigenvalue weighted by Crippen LogP contribution is 2.31. The van der Waals surface area contributed by atoms with E-state index in [-0.39, 0.29) is 24.6 Å². The van der Waals surface area contributed by atoms with Crippen LogP contribution in [0.4, 0.5) is 0 Å². The van der Waals surface area contributed by atoms with E-state index >= 15 is 0 Å². The summed E-state index contributed by atoms with van der Waals surface area (Å²) in [6.07, 6.45) is 1.58. The summed E-state index contributed by atoms with van der Waals surface area (Å²) in [7, 11) is 0. The van der Waals surface area contributed by atoms with Crippen LogP contribution >= 0.6 is 0 Å². The number of carbonyl (C=O) groups is 1. The van der Waals surface area contributed by atoms with E-state index in [1.54, 1.807) is 10.9 Å². The molecule has 3 rings (SSSR count). The highest BCUT2D eigenvalue weighted by atomic mass is 16.6. The lowest BCUT2D eigenvalue weighted by Gasteiger charge is -2.30. The summed E-state index contributed by atoms with van der Waals surface area (Å²) in [6, 6.07) is 9.24. The number of hydrogen-bond acceptors (Lipinski definition) is 4. The molecule has 2 atom stereocenters. The van der Waals surface area contributed by atoms with Crippen molar-refractivity contribution in [3.05, 3.63) is 42.2 Å². The standard InChI is InChI=1S/C16H19N3O3/c1-11-7-8-19(18-11)9-16(20)17-12(2)15-10-21-13-5-3-4-6-14(13)22-15/h3-8,12,15H,9-10H2,1-2H3,(H,17,20). The van der Waals surface area contributed by atoms with Crippen LogP contribution in [0.15, 0.2) is 36.5 Å². The van der Waals surface area contributed by atoms with Crippen LogP contribution in [0.3, 0.4) is 0 Å². The molecule has 6 nitrogen and oxygen atoms in total. The predicted molar refractivity (Wildman–Crippen MR) is 80.9 cm³/mol. The number of ether oxygens (including phenoxy) is 2. The lowest BCUT2D eigenvalue weighted by Crippen LogP contribution is -2.48. The molecule has 116 valence electrons. The summed E-state index contributed by atoms with van der Waals surface area (Å²) in [4.78, 5) is 12.1. The molecule has 1 aromatic carbocycles. The van der Waals surface area contributed by atoms with Gasteiger partial charge in [-0.25, -0.2) is 0 Å². The molecule has 2 heterocycles. The Labute approximate surface area is 129 Å². The van der Waals surface area contributed by atoms with Crippen molar-refractivity contribution in [3.8, 4) is 11.5 Å². The van der Waals surface area contributed by atoms with E-state index in [9.17, 15) is 4.79 Å². The molecule has 2 aromatic rings. The lowest BCUT2D eigenvalue weighted by atomic mass is 10.1. The van der Waals surface area contributed by atoms with E-state index in [2.05, 4.69) is 10.4 Å². The van der Waals surface area contributed by atoms with Gasteiger partial charge in [-0.1, -0.05) is 12.1 Å². The Balaban J connectivity index is 1.56. The van der Waals surface area contributed by atoms with Crippen LogP contribution in [0.5, 0.6) is 11.5 Å². The van der Waals surface area contributed by atoms with Crippen molar-refractivity contribution >= 4 is 5.91 Å². The number of amides is 1. The molecule has 0 aliphatic carbocycles. The van der Waals surface area contributed by atoms with Gasteiger partial charge in [-0.05, 0) is 32.0 Å². The van der Waals surface area contributed by atoms with Crippen LogP contribution in [0.1, 0.15) is 12.6 Å². The number of rotatable bonds is 4. The molecule has 6 heteroatoms. The van der Waals surface area contributed by atoms with Gasteiger partial charge in [-0.2, -0.15) is 5.10 Å². The molecule has 22 heavy (non-hydrogen) atoms. The number of nitrogens with one attached hydrogen (secondary N) is 1. The van der Waals surface area contributed by atoms with Crippen LogP contribution in [0.25, 0.3) is 0 Å². The van der Waals surface area contributed by atoms with Gasteiger partial charge in [0.1, 0.15) is 13.2 Å². The molecule has 0 spiro atoms. The Kier molecular flexibility index (Phi) is 4.00. The second-order valence-corrected chi connectivity index (χ2v) is 5.42. The summed E-state index contributed by atoms with van der Waals surface area (Å²) in [5.74, 6) is 1.35. The van der Waals surface area contributed by atoms with E-state index < -0.39 is 0 Å². The zero-order chi connectivity index (χ0) is 15.5. The molecule has 0 saturated carbocycles. The van der Waals surface area contributed by atoms with Crippen molar-refractivity contribution in [2.45, 2.75) is 32.5 Å². The third kappa shape index (κ3) is 3.21. The minimum atomic E-state index is -0.210. The van der Waals surface area contributed by atoms with E-state index in [1.807, 2.05) is 44.2 Å². The maximum absolute atomic E-state index is 12.1. The zero-order valence-electron chi connectivity index (χ0n) is 12.7.